The third kappa shape index (κ3) is 3.89. The van der Waals surface area contributed by atoms with Crippen molar-refractivity contribution < 1.29 is 0 Å². The molecular formula is C28H20N6. The van der Waals surface area contributed by atoms with Gasteiger partial charge in [0, 0.05) is 59.7 Å². The van der Waals surface area contributed by atoms with Crippen molar-refractivity contribution in [2.45, 2.75) is 0 Å². The van der Waals surface area contributed by atoms with Gasteiger partial charge < -0.3 is 9.13 Å². The van der Waals surface area contributed by atoms with Crippen molar-refractivity contribution in [3.8, 4) is 45.0 Å². The fourth-order valence-corrected chi connectivity index (χ4v) is 3.97. The predicted molar refractivity (Wildman–Crippen MR) is 133 cm³/mol. The van der Waals surface area contributed by atoms with E-state index in [0.717, 1.165) is 45.0 Å². The van der Waals surface area contributed by atoms with Gasteiger partial charge in [0.2, 0.25) is 0 Å². The molecule has 0 saturated heterocycles. The van der Waals surface area contributed by atoms with Crippen LogP contribution in [0.4, 0.5) is 0 Å². The third-order valence-corrected chi connectivity index (χ3v) is 5.77. The minimum absolute atomic E-state index is 0.917. The molecule has 0 aliphatic carbocycles. The van der Waals surface area contributed by atoms with Gasteiger partial charge in [-0.25, -0.2) is 15.0 Å². The molecule has 0 N–H and O–H groups in total. The fraction of sp³-hybridized carbons (Fsp3) is 0. The van der Waals surface area contributed by atoms with Crippen LogP contribution in [0, 0.1) is 0 Å². The lowest BCUT2D eigenvalue weighted by Gasteiger charge is -2.11. The molecule has 0 spiro atoms. The van der Waals surface area contributed by atoms with Crippen molar-refractivity contribution in [3.05, 3.63) is 123 Å². The lowest BCUT2D eigenvalue weighted by atomic mass is 10.0. The molecule has 0 radical (unpaired) electrons. The van der Waals surface area contributed by atoms with Crippen LogP contribution in [0.3, 0.4) is 0 Å². The molecule has 6 nitrogen and oxygen atoms in total. The summed E-state index contributed by atoms with van der Waals surface area (Å²) in [5, 5.41) is 0. The average Bonchev–Trinajstić information content (AvgIpc) is 3.64. The van der Waals surface area contributed by atoms with Crippen molar-refractivity contribution in [1.29, 1.82) is 0 Å². The van der Waals surface area contributed by atoms with Crippen LogP contribution in [0.15, 0.2) is 123 Å². The second-order valence-corrected chi connectivity index (χ2v) is 7.90. The quantitative estimate of drug-likeness (QED) is 0.337. The first kappa shape index (κ1) is 19.8. The van der Waals surface area contributed by atoms with Crippen LogP contribution in [-0.2, 0) is 0 Å². The molecule has 0 fully saturated rings. The van der Waals surface area contributed by atoms with Crippen LogP contribution >= 0.6 is 0 Å². The van der Waals surface area contributed by atoms with Gasteiger partial charge in [-0.05, 0) is 59.7 Å². The molecule has 6 aromatic rings. The first-order chi connectivity index (χ1) is 16.8. The van der Waals surface area contributed by atoms with E-state index in [0.29, 0.717) is 0 Å². The van der Waals surface area contributed by atoms with E-state index < -0.39 is 0 Å². The molecule has 4 aromatic heterocycles. The van der Waals surface area contributed by atoms with Gasteiger partial charge in [-0.2, -0.15) is 0 Å². The maximum atomic E-state index is 5.03. The second kappa shape index (κ2) is 8.60. The van der Waals surface area contributed by atoms with E-state index >= 15 is 0 Å². The highest BCUT2D eigenvalue weighted by molar-refractivity contribution is 5.76. The lowest BCUT2D eigenvalue weighted by molar-refractivity contribution is 1.06. The summed E-state index contributed by atoms with van der Waals surface area (Å²) in [5.74, 6) is 0. The Bertz CT molecular complexity index is 1410. The average molecular weight is 441 g/mol. The summed E-state index contributed by atoms with van der Waals surface area (Å²) in [5.41, 5.74) is 8.25. The molecule has 0 aliphatic rings. The number of rotatable bonds is 5. The molecule has 6 heteroatoms. The molecule has 0 atom stereocenters. The number of aromatic nitrogens is 6. The van der Waals surface area contributed by atoms with Crippen molar-refractivity contribution in [2.24, 2.45) is 0 Å². The van der Waals surface area contributed by atoms with Gasteiger partial charge >= 0.3 is 0 Å². The molecule has 0 saturated carbocycles. The number of imidazole rings is 2. The highest BCUT2D eigenvalue weighted by Gasteiger charge is 2.10. The van der Waals surface area contributed by atoms with Gasteiger partial charge in [-0.15, -0.1) is 0 Å². The Morgan fingerprint density at radius 3 is 1.38 bits per heavy atom. The van der Waals surface area contributed by atoms with Gasteiger partial charge in [0.15, 0.2) is 0 Å². The molecule has 4 heterocycles. The highest BCUT2D eigenvalue weighted by atomic mass is 15.0. The zero-order valence-electron chi connectivity index (χ0n) is 18.2. The summed E-state index contributed by atoms with van der Waals surface area (Å²) >= 11 is 0. The molecule has 0 unspecified atom stereocenters. The maximum Gasteiger partial charge on any atom is 0.0991 e. The van der Waals surface area contributed by atoms with Gasteiger partial charge in [0.1, 0.15) is 0 Å². The summed E-state index contributed by atoms with van der Waals surface area (Å²) < 4.78 is 3.97. The zero-order chi connectivity index (χ0) is 22.7. The molecule has 0 aliphatic heterocycles. The van der Waals surface area contributed by atoms with Gasteiger partial charge in [-0.3, -0.25) is 4.98 Å². The Kier molecular flexibility index (Phi) is 5.01. The standard InChI is InChI=1S/C28H20N6/c1-5-25(33-15-13-30-19-33)6-2-22(1)27-17-24(21-9-11-29-12-10-21)18-28(32-27)23-3-7-26(8-4-23)34-16-14-31-20-34/h1-20H. The van der Waals surface area contributed by atoms with Crippen LogP contribution in [0.1, 0.15) is 0 Å². The smallest absolute Gasteiger partial charge is 0.0991 e. The van der Waals surface area contributed by atoms with Crippen molar-refractivity contribution in [1.82, 2.24) is 29.1 Å². The minimum Gasteiger partial charge on any atom is -0.306 e. The number of nitrogens with zero attached hydrogens (tertiary/aromatic N) is 6. The minimum atomic E-state index is 0.917. The molecule has 34 heavy (non-hydrogen) atoms. The number of pyridine rings is 2. The zero-order valence-corrected chi connectivity index (χ0v) is 18.2. The van der Waals surface area contributed by atoms with Gasteiger partial charge in [0.25, 0.3) is 0 Å². The van der Waals surface area contributed by atoms with E-state index in [2.05, 4.69) is 75.6 Å². The van der Waals surface area contributed by atoms with Crippen LogP contribution in [-0.4, -0.2) is 29.1 Å². The van der Waals surface area contributed by atoms with E-state index in [1.807, 2.05) is 46.1 Å². The monoisotopic (exact) mass is 440 g/mol. The van der Waals surface area contributed by atoms with Gasteiger partial charge in [-0.1, -0.05) is 24.3 Å². The SMILES string of the molecule is c1cc(-c2cc(-c3ccc(-n4ccnc4)cc3)nc(-c3ccc(-n4ccnc4)cc3)c2)ccn1. The topological polar surface area (TPSA) is 61.4 Å². The lowest BCUT2D eigenvalue weighted by Crippen LogP contribution is -1.94. The largest absolute Gasteiger partial charge is 0.306 e. The van der Waals surface area contributed by atoms with E-state index in [-0.39, 0.29) is 0 Å². The van der Waals surface area contributed by atoms with Crippen LogP contribution in [0.5, 0.6) is 0 Å². The molecule has 0 bridgehead atoms. The van der Waals surface area contributed by atoms with Crippen LogP contribution in [0.25, 0.3) is 45.0 Å². The van der Waals surface area contributed by atoms with Crippen molar-refractivity contribution in [3.63, 3.8) is 0 Å². The predicted octanol–water partition coefficient (Wildman–Crippen LogP) is 5.85. The maximum absolute atomic E-state index is 5.03. The van der Waals surface area contributed by atoms with Crippen LogP contribution in [0.2, 0.25) is 0 Å². The number of hydrogen-bond donors (Lipinski definition) is 0. The summed E-state index contributed by atoms with van der Waals surface area (Å²) in [6.07, 6.45) is 14.6. The number of hydrogen-bond acceptors (Lipinski definition) is 4. The summed E-state index contributed by atoms with van der Waals surface area (Å²) in [7, 11) is 0. The Morgan fingerprint density at radius 2 is 0.941 bits per heavy atom. The van der Waals surface area contributed by atoms with Crippen molar-refractivity contribution >= 4 is 0 Å². The fourth-order valence-electron chi connectivity index (χ4n) is 3.97. The van der Waals surface area contributed by atoms with Crippen molar-refractivity contribution in [2.75, 3.05) is 0 Å². The van der Waals surface area contributed by atoms with E-state index in [9.17, 15) is 0 Å². The van der Waals surface area contributed by atoms with E-state index in [1.54, 1.807) is 25.0 Å². The first-order valence-corrected chi connectivity index (χ1v) is 10.9. The van der Waals surface area contributed by atoms with Crippen LogP contribution < -0.4 is 0 Å². The third-order valence-electron chi connectivity index (χ3n) is 5.77. The van der Waals surface area contributed by atoms with Gasteiger partial charge in [0.05, 0.1) is 24.0 Å². The van der Waals surface area contributed by atoms with E-state index in [1.165, 1.54) is 0 Å². The molecule has 0 amide bonds. The summed E-state index contributed by atoms with van der Waals surface area (Å²) in [6.45, 7) is 0. The Balaban J connectivity index is 1.42. The molecule has 162 valence electrons. The molecule has 2 aromatic carbocycles. The molecule has 6 rings (SSSR count). The molecular weight excluding hydrogens is 420 g/mol. The van der Waals surface area contributed by atoms with E-state index in [4.69, 9.17) is 4.98 Å². The Morgan fingerprint density at radius 1 is 0.441 bits per heavy atom. The highest BCUT2D eigenvalue weighted by Crippen LogP contribution is 2.30. The number of benzene rings is 2. The second-order valence-electron chi connectivity index (χ2n) is 7.90. The Labute approximate surface area is 196 Å². The normalized spacial score (nSPS) is 10.9. The Hall–Kier alpha value is -4.84. The summed E-state index contributed by atoms with van der Waals surface area (Å²) in [6, 6.07) is 25.0. The summed E-state index contributed by atoms with van der Waals surface area (Å²) in [4.78, 5) is 17.5. The first-order valence-electron chi connectivity index (χ1n) is 10.9.